The van der Waals surface area contributed by atoms with Crippen molar-refractivity contribution in [3.63, 3.8) is 0 Å². The summed E-state index contributed by atoms with van der Waals surface area (Å²) < 4.78 is 38.1. The summed E-state index contributed by atoms with van der Waals surface area (Å²) in [7, 11) is -4.09. The Morgan fingerprint density at radius 2 is 1.83 bits per heavy atom. The molecule has 14 heteroatoms. The lowest BCUT2D eigenvalue weighted by Crippen LogP contribution is -2.42. The molecule has 13 nitrogen and oxygen atoms in total. The van der Waals surface area contributed by atoms with E-state index < -0.39 is 25.3 Å². The minimum atomic E-state index is -4.09. The van der Waals surface area contributed by atoms with Crippen LogP contribution in [-0.4, -0.2) is 44.7 Å². The Bertz CT molecular complexity index is 1530. The second-order valence-corrected chi connectivity index (χ2v) is 10.9. The van der Waals surface area contributed by atoms with E-state index in [1.165, 1.54) is 10.9 Å². The summed E-state index contributed by atoms with van der Waals surface area (Å²) in [5, 5.41) is 2.81. The maximum atomic E-state index is 13.9. The summed E-state index contributed by atoms with van der Waals surface area (Å²) >= 11 is 0. The molecule has 0 saturated carbocycles. The lowest BCUT2D eigenvalue weighted by molar-refractivity contribution is -0.148. The predicted octanol–water partition coefficient (Wildman–Crippen LogP) is 3.63. The zero-order chi connectivity index (χ0) is 29.2. The molecule has 2 heterocycles. The Kier molecular flexibility index (Phi) is 10.3. The highest BCUT2D eigenvalue weighted by Gasteiger charge is 2.37. The Balaban J connectivity index is 1.41. The number of hydrogen-bond donors (Lipinski definition) is 3. The zero-order valence-electron chi connectivity index (χ0n) is 22.8. The van der Waals surface area contributed by atoms with Gasteiger partial charge in [-0.15, -0.1) is 0 Å². The van der Waals surface area contributed by atoms with Crippen LogP contribution in [0.1, 0.15) is 25.8 Å². The Morgan fingerprint density at radius 1 is 1.12 bits per heavy atom. The van der Waals surface area contributed by atoms with Crippen molar-refractivity contribution < 1.29 is 27.9 Å². The molecule has 41 heavy (non-hydrogen) atoms. The summed E-state index contributed by atoms with van der Waals surface area (Å²) in [6.07, 6.45) is 2.00. The lowest BCUT2D eigenvalue weighted by Gasteiger charge is -2.27. The largest absolute Gasteiger partial charge is 0.460 e. The van der Waals surface area contributed by atoms with E-state index in [1.807, 2.05) is 44.2 Å². The average Bonchev–Trinajstić information content (AvgIpc) is 3.38. The van der Waals surface area contributed by atoms with Crippen LogP contribution in [0.5, 0.6) is 5.75 Å². The molecule has 4 aromatic rings. The van der Waals surface area contributed by atoms with Gasteiger partial charge in [0, 0.05) is 0 Å². The highest BCUT2D eigenvalue weighted by molar-refractivity contribution is 7.52. The van der Waals surface area contributed by atoms with Gasteiger partial charge in [-0.05, 0) is 23.6 Å². The first kappa shape index (κ1) is 29.9. The number of para-hydroxylation sites is 1. The van der Waals surface area contributed by atoms with Gasteiger partial charge in [-0.2, -0.15) is 10.1 Å². The van der Waals surface area contributed by atoms with Crippen LogP contribution in [-0.2, 0) is 36.7 Å². The SMILES string of the molecule is CC[C@H](C)[C@H](NP(=O)(OCCOCn1cnc2c(=O)[nH]c(N)nc21)Oc1ccccc1)C(=O)OCc1ccccc1. The highest BCUT2D eigenvalue weighted by atomic mass is 31.2. The first-order valence-electron chi connectivity index (χ1n) is 13.0. The quantitative estimate of drug-likeness (QED) is 0.106. The Labute approximate surface area is 236 Å². The monoisotopic (exact) mass is 584 g/mol. The number of anilines is 1. The maximum Gasteiger partial charge on any atom is 0.459 e. The number of rotatable bonds is 15. The third-order valence-electron chi connectivity index (χ3n) is 6.17. The minimum absolute atomic E-state index is 0.00534. The number of fused-ring (bicyclic) bond motifs is 1. The van der Waals surface area contributed by atoms with Gasteiger partial charge in [0.1, 0.15) is 25.1 Å². The smallest absolute Gasteiger partial charge is 0.459 e. The lowest BCUT2D eigenvalue weighted by atomic mass is 10.0. The van der Waals surface area contributed by atoms with E-state index in [0.717, 1.165) is 5.56 Å². The first-order chi connectivity index (χ1) is 19.8. The van der Waals surface area contributed by atoms with Crippen LogP contribution in [0.25, 0.3) is 11.2 Å². The zero-order valence-corrected chi connectivity index (χ0v) is 23.7. The number of nitrogen functional groups attached to an aromatic ring is 1. The fourth-order valence-electron chi connectivity index (χ4n) is 3.79. The molecule has 0 spiro atoms. The van der Waals surface area contributed by atoms with E-state index in [0.29, 0.717) is 12.2 Å². The average molecular weight is 585 g/mol. The fraction of sp³-hybridized carbons (Fsp3) is 0.333. The summed E-state index contributed by atoms with van der Waals surface area (Å²) in [6.45, 7) is 3.66. The van der Waals surface area contributed by atoms with Crippen LogP contribution in [0.2, 0.25) is 0 Å². The van der Waals surface area contributed by atoms with E-state index >= 15 is 0 Å². The van der Waals surface area contributed by atoms with Crippen molar-refractivity contribution in [2.24, 2.45) is 5.92 Å². The van der Waals surface area contributed by atoms with Crippen LogP contribution in [0, 0.1) is 5.92 Å². The number of nitrogens with zero attached hydrogens (tertiary/aromatic N) is 3. The molecule has 3 atom stereocenters. The number of carbonyl (C=O) groups is 1. The van der Waals surface area contributed by atoms with E-state index in [1.54, 1.807) is 30.3 Å². The molecule has 0 radical (unpaired) electrons. The number of esters is 1. The van der Waals surface area contributed by atoms with Crippen LogP contribution >= 0.6 is 7.75 Å². The van der Waals surface area contributed by atoms with Crippen molar-refractivity contribution in [2.45, 2.75) is 39.6 Å². The predicted molar refractivity (Wildman–Crippen MR) is 152 cm³/mol. The molecule has 2 aromatic heterocycles. The number of carbonyl (C=O) groups excluding carboxylic acids is 1. The van der Waals surface area contributed by atoms with E-state index in [4.69, 9.17) is 24.3 Å². The molecule has 0 aliphatic heterocycles. The number of ether oxygens (including phenoxy) is 2. The van der Waals surface area contributed by atoms with Gasteiger partial charge in [0.25, 0.3) is 5.56 Å². The van der Waals surface area contributed by atoms with E-state index in [2.05, 4.69) is 20.0 Å². The standard InChI is InChI=1S/C27H33N6O7P/c1-3-19(2)22(26(35)38-16-20-10-6-4-7-11-20)32-41(36,40-21-12-8-5-9-13-21)39-15-14-37-18-33-17-29-23-24(33)30-27(28)31-25(23)34/h4-13,17,19,22H,3,14-16,18H2,1-2H3,(H,32,36)(H3,28,30,31,34)/t19-,22-,41?/m0/s1. The molecule has 4 rings (SSSR count). The van der Waals surface area contributed by atoms with Crippen molar-refractivity contribution in [1.29, 1.82) is 0 Å². The number of aromatic nitrogens is 4. The van der Waals surface area contributed by atoms with Crippen molar-refractivity contribution in [1.82, 2.24) is 24.6 Å². The summed E-state index contributed by atoms with van der Waals surface area (Å²) in [4.78, 5) is 35.6. The summed E-state index contributed by atoms with van der Waals surface area (Å²) in [6, 6.07) is 16.8. The molecule has 0 bridgehead atoms. The second kappa shape index (κ2) is 14.0. The molecule has 0 amide bonds. The molecule has 2 aromatic carbocycles. The number of aromatic amines is 1. The van der Waals surface area contributed by atoms with Crippen LogP contribution < -0.4 is 20.9 Å². The van der Waals surface area contributed by atoms with Gasteiger partial charge in [-0.3, -0.25) is 23.7 Å². The van der Waals surface area contributed by atoms with Crippen LogP contribution in [0.15, 0.2) is 71.8 Å². The van der Waals surface area contributed by atoms with Crippen molar-refractivity contribution >= 4 is 30.8 Å². The van der Waals surface area contributed by atoms with Crippen molar-refractivity contribution in [3.05, 3.63) is 82.9 Å². The van der Waals surface area contributed by atoms with Gasteiger partial charge in [-0.25, -0.2) is 9.55 Å². The molecule has 0 aliphatic carbocycles. The summed E-state index contributed by atoms with van der Waals surface area (Å²) in [5.74, 6) is -0.573. The molecule has 218 valence electrons. The first-order valence-corrected chi connectivity index (χ1v) is 14.6. The fourth-order valence-corrected chi connectivity index (χ4v) is 5.39. The van der Waals surface area contributed by atoms with Crippen LogP contribution in [0.3, 0.4) is 0 Å². The Hall–Kier alpha value is -4.03. The van der Waals surface area contributed by atoms with Crippen LogP contribution in [0.4, 0.5) is 5.95 Å². The summed E-state index contributed by atoms with van der Waals surface area (Å²) in [5.41, 5.74) is 6.38. The third kappa shape index (κ3) is 8.24. The number of imidazole rings is 1. The van der Waals surface area contributed by atoms with E-state index in [-0.39, 0.29) is 49.6 Å². The number of H-pyrrole nitrogens is 1. The molecular formula is C27H33N6O7P. The molecule has 0 saturated heterocycles. The normalized spacial score (nSPS) is 14.3. The van der Waals surface area contributed by atoms with Crippen molar-refractivity contribution in [2.75, 3.05) is 18.9 Å². The number of benzene rings is 2. The topological polar surface area (TPSA) is 173 Å². The van der Waals surface area contributed by atoms with Gasteiger partial charge < -0.3 is 19.7 Å². The molecule has 4 N–H and O–H groups in total. The van der Waals surface area contributed by atoms with Gasteiger partial charge in [0.15, 0.2) is 11.2 Å². The maximum absolute atomic E-state index is 13.9. The van der Waals surface area contributed by atoms with Gasteiger partial charge >= 0.3 is 13.7 Å². The molecule has 0 aliphatic rings. The van der Waals surface area contributed by atoms with Gasteiger partial charge in [0.05, 0.1) is 19.5 Å². The highest BCUT2D eigenvalue weighted by Crippen LogP contribution is 2.45. The molecular weight excluding hydrogens is 551 g/mol. The minimum Gasteiger partial charge on any atom is -0.460 e. The van der Waals surface area contributed by atoms with Gasteiger partial charge in [0.2, 0.25) is 5.95 Å². The molecule has 0 fully saturated rings. The van der Waals surface area contributed by atoms with Crippen molar-refractivity contribution in [3.8, 4) is 5.75 Å². The third-order valence-corrected chi connectivity index (χ3v) is 7.74. The number of hydrogen-bond acceptors (Lipinski definition) is 10. The molecule has 1 unspecified atom stereocenters. The van der Waals surface area contributed by atoms with Gasteiger partial charge in [-0.1, -0.05) is 68.8 Å². The number of nitrogens with one attached hydrogen (secondary N) is 2. The number of nitrogens with two attached hydrogens (primary N) is 1. The van der Waals surface area contributed by atoms with E-state index in [9.17, 15) is 14.2 Å². The second-order valence-electron chi connectivity index (χ2n) is 9.20. The Morgan fingerprint density at radius 3 is 2.54 bits per heavy atom.